The van der Waals surface area contributed by atoms with E-state index in [0.717, 1.165) is 63.2 Å². The molecule has 2 heterocycles. The Balaban J connectivity index is 1.68. The predicted octanol–water partition coefficient (Wildman–Crippen LogP) is 0.832. The molecule has 19 heavy (non-hydrogen) atoms. The molecule has 0 atom stereocenters. The molecule has 2 aliphatic heterocycles. The number of piperazine rings is 1. The number of rotatable bonds is 3. The number of phenolic OH excluding ortho intramolecular Hbond substituents is 1. The lowest BCUT2D eigenvalue weighted by Crippen LogP contribution is -2.44. The highest BCUT2D eigenvalue weighted by molar-refractivity contribution is 5.64. The van der Waals surface area contributed by atoms with Crippen molar-refractivity contribution in [3.8, 4) is 5.75 Å². The van der Waals surface area contributed by atoms with Gasteiger partial charge in [-0.3, -0.25) is 0 Å². The molecular weight excluding hydrogens is 238 g/mol. The summed E-state index contributed by atoms with van der Waals surface area (Å²) in [5.74, 6) is 0.539. The second kappa shape index (κ2) is 5.39. The minimum Gasteiger partial charge on any atom is -0.507 e. The van der Waals surface area contributed by atoms with Gasteiger partial charge in [0, 0.05) is 57.6 Å². The van der Waals surface area contributed by atoms with Crippen LogP contribution in [0.3, 0.4) is 0 Å². The number of likely N-dealkylation sites (N-methyl/N-ethyl adjacent to an activating group) is 1. The average molecular weight is 261 g/mol. The molecule has 0 aromatic heterocycles. The maximum atomic E-state index is 10.4. The van der Waals surface area contributed by atoms with Gasteiger partial charge in [-0.15, -0.1) is 0 Å². The predicted molar refractivity (Wildman–Crippen MR) is 78.1 cm³/mol. The van der Waals surface area contributed by atoms with Crippen LogP contribution in [0.2, 0.25) is 0 Å². The van der Waals surface area contributed by atoms with Crippen molar-refractivity contribution in [1.29, 1.82) is 0 Å². The third-order valence-corrected chi connectivity index (χ3v) is 4.36. The fourth-order valence-corrected chi connectivity index (χ4v) is 3.09. The summed E-state index contributed by atoms with van der Waals surface area (Å²) in [5, 5.41) is 13.8. The summed E-state index contributed by atoms with van der Waals surface area (Å²) in [6.45, 7) is 6.47. The van der Waals surface area contributed by atoms with E-state index in [9.17, 15) is 5.11 Å². The Bertz CT molecular complexity index is 455. The Morgan fingerprint density at radius 2 is 2.00 bits per heavy atom. The lowest BCUT2D eigenvalue weighted by molar-refractivity contribution is 0.243. The number of anilines is 1. The van der Waals surface area contributed by atoms with E-state index in [1.165, 1.54) is 5.69 Å². The maximum Gasteiger partial charge on any atom is 0.124 e. The summed E-state index contributed by atoms with van der Waals surface area (Å²) in [4.78, 5) is 4.68. The Morgan fingerprint density at radius 1 is 1.21 bits per heavy atom. The first-order valence-corrected chi connectivity index (χ1v) is 7.23. The zero-order valence-corrected chi connectivity index (χ0v) is 11.7. The molecule has 1 fully saturated rings. The van der Waals surface area contributed by atoms with Gasteiger partial charge in [0.05, 0.1) is 0 Å². The first kappa shape index (κ1) is 12.8. The van der Waals surface area contributed by atoms with Gasteiger partial charge >= 0.3 is 0 Å². The van der Waals surface area contributed by atoms with Gasteiger partial charge in [0.2, 0.25) is 0 Å². The normalized spacial score (nSPS) is 19.7. The van der Waals surface area contributed by atoms with E-state index in [4.69, 9.17) is 0 Å². The van der Waals surface area contributed by atoms with Crippen LogP contribution in [0.4, 0.5) is 5.69 Å². The molecule has 4 nitrogen and oxygen atoms in total. The molecule has 4 heteroatoms. The molecule has 2 aliphatic rings. The quantitative estimate of drug-likeness (QED) is 0.845. The summed E-state index contributed by atoms with van der Waals surface area (Å²) in [5.41, 5.74) is 3.44. The van der Waals surface area contributed by atoms with Gasteiger partial charge < -0.3 is 20.2 Å². The zero-order chi connectivity index (χ0) is 13.2. The molecule has 0 spiro atoms. The molecule has 1 aromatic rings. The number of benzene rings is 1. The molecule has 1 aromatic carbocycles. The van der Waals surface area contributed by atoms with Crippen LogP contribution in [-0.2, 0) is 12.8 Å². The van der Waals surface area contributed by atoms with Crippen molar-refractivity contribution < 1.29 is 5.11 Å². The van der Waals surface area contributed by atoms with Crippen molar-refractivity contribution >= 4 is 5.69 Å². The van der Waals surface area contributed by atoms with Crippen LogP contribution in [0.25, 0.3) is 0 Å². The fourth-order valence-electron chi connectivity index (χ4n) is 3.09. The molecule has 2 N–H and O–H groups in total. The number of nitrogens with zero attached hydrogens (tertiary/aromatic N) is 2. The summed E-state index contributed by atoms with van der Waals surface area (Å²) in [6, 6.07) is 4.26. The van der Waals surface area contributed by atoms with Crippen LogP contribution in [0.1, 0.15) is 11.1 Å². The minimum atomic E-state index is 0.539. The van der Waals surface area contributed by atoms with Crippen molar-refractivity contribution in [2.75, 3.05) is 51.2 Å². The van der Waals surface area contributed by atoms with E-state index in [0.29, 0.717) is 5.75 Å². The number of nitrogens with one attached hydrogen (secondary N) is 1. The highest BCUT2D eigenvalue weighted by Crippen LogP contribution is 2.36. The summed E-state index contributed by atoms with van der Waals surface area (Å²) >= 11 is 0. The molecule has 0 radical (unpaired) electrons. The molecular formula is C15H23N3O. The Morgan fingerprint density at radius 3 is 2.79 bits per heavy atom. The van der Waals surface area contributed by atoms with Crippen LogP contribution < -0.4 is 10.2 Å². The molecule has 0 aliphatic carbocycles. The number of hydrogen-bond donors (Lipinski definition) is 2. The lowest BCUT2D eigenvalue weighted by atomic mass is 10.0. The van der Waals surface area contributed by atoms with Crippen LogP contribution in [0.15, 0.2) is 12.1 Å². The molecule has 0 unspecified atom stereocenters. The largest absolute Gasteiger partial charge is 0.507 e. The van der Waals surface area contributed by atoms with Gasteiger partial charge in [-0.05, 0) is 24.5 Å². The van der Waals surface area contributed by atoms with E-state index >= 15 is 0 Å². The second-order valence-electron chi connectivity index (χ2n) is 5.58. The van der Waals surface area contributed by atoms with E-state index in [-0.39, 0.29) is 0 Å². The summed E-state index contributed by atoms with van der Waals surface area (Å²) in [6.07, 6.45) is 1.92. The topological polar surface area (TPSA) is 38.7 Å². The Kier molecular flexibility index (Phi) is 3.62. The Labute approximate surface area is 115 Å². The minimum absolute atomic E-state index is 0.539. The van der Waals surface area contributed by atoms with Crippen LogP contribution >= 0.6 is 0 Å². The molecule has 1 saturated heterocycles. The number of hydrogen-bond acceptors (Lipinski definition) is 4. The van der Waals surface area contributed by atoms with E-state index < -0.39 is 0 Å². The average Bonchev–Trinajstić information content (AvgIpc) is 2.82. The molecule has 0 amide bonds. The standard InChI is InChI=1S/C15H23N3O/c1-17-8-5-13-14(17)3-2-12(15(13)19)4-9-18-10-6-16-7-11-18/h2-3,16,19H,4-11H2,1H3. The maximum absolute atomic E-state index is 10.4. The van der Waals surface area contributed by atoms with Crippen molar-refractivity contribution in [3.63, 3.8) is 0 Å². The fraction of sp³-hybridized carbons (Fsp3) is 0.600. The summed E-state index contributed by atoms with van der Waals surface area (Å²) < 4.78 is 0. The van der Waals surface area contributed by atoms with Gasteiger partial charge in [0.1, 0.15) is 5.75 Å². The molecule has 0 saturated carbocycles. The van der Waals surface area contributed by atoms with Crippen molar-refractivity contribution in [2.24, 2.45) is 0 Å². The van der Waals surface area contributed by atoms with Crippen LogP contribution in [-0.4, -0.2) is 56.3 Å². The molecule has 3 rings (SSSR count). The SMILES string of the molecule is CN1CCc2c1ccc(CCN1CCNCC1)c2O. The van der Waals surface area contributed by atoms with Gasteiger partial charge in [-0.25, -0.2) is 0 Å². The van der Waals surface area contributed by atoms with E-state index in [1.54, 1.807) is 0 Å². The van der Waals surface area contributed by atoms with E-state index in [1.807, 2.05) is 0 Å². The highest BCUT2D eigenvalue weighted by atomic mass is 16.3. The number of fused-ring (bicyclic) bond motifs is 1. The van der Waals surface area contributed by atoms with Crippen molar-refractivity contribution in [2.45, 2.75) is 12.8 Å². The summed E-state index contributed by atoms with van der Waals surface area (Å²) in [7, 11) is 2.09. The Hall–Kier alpha value is -1.26. The van der Waals surface area contributed by atoms with Crippen molar-refractivity contribution in [1.82, 2.24) is 10.2 Å². The third kappa shape index (κ3) is 2.55. The van der Waals surface area contributed by atoms with E-state index in [2.05, 4.69) is 34.3 Å². The van der Waals surface area contributed by atoms with Gasteiger partial charge in [0.15, 0.2) is 0 Å². The van der Waals surface area contributed by atoms with Gasteiger partial charge in [0.25, 0.3) is 0 Å². The third-order valence-electron chi connectivity index (χ3n) is 4.36. The first-order chi connectivity index (χ1) is 9.25. The van der Waals surface area contributed by atoms with Crippen molar-refractivity contribution in [3.05, 3.63) is 23.3 Å². The molecule has 104 valence electrons. The zero-order valence-electron chi connectivity index (χ0n) is 11.7. The van der Waals surface area contributed by atoms with Gasteiger partial charge in [-0.1, -0.05) is 6.07 Å². The number of aromatic hydroxyl groups is 1. The number of phenols is 1. The first-order valence-electron chi connectivity index (χ1n) is 7.23. The highest BCUT2D eigenvalue weighted by Gasteiger charge is 2.21. The van der Waals surface area contributed by atoms with Crippen LogP contribution in [0, 0.1) is 0 Å². The van der Waals surface area contributed by atoms with Gasteiger partial charge in [-0.2, -0.15) is 0 Å². The second-order valence-corrected chi connectivity index (χ2v) is 5.58. The van der Waals surface area contributed by atoms with Crippen LogP contribution in [0.5, 0.6) is 5.75 Å². The monoisotopic (exact) mass is 261 g/mol. The molecule has 0 bridgehead atoms. The smallest absolute Gasteiger partial charge is 0.124 e. The lowest BCUT2D eigenvalue weighted by Gasteiger charge is -2.27.